The minimum Gasteiger partial charge on any atom is -0.464 e. The summed E-state index contributed by atoms with van der Waals surface area (Å²) in [5.74, 6) is -2.43. The Kier molecular flexibility index (Phi) is 6.80. The lowest BCUT2D eigenvalue weighted by molar-refractivity contribution is -0.157. The zero-order valence-corrected chi connectivity index (χ0v) is 13.2. The van der Waals surface area contributed by atoms with Gasteiger partial charge in [0.15, 0.2) is 0 Å². The molecule has 0 saturated heterocycles. The highest BCUT2D eigenvalue weighted by Gasteiger charge is 2.31. The summed E-state index contributed by atoms with van der Waals surface area (Å²) in [5.41, 5.74) is 0.0583. The van der Waals surface area contributed by atoms with Gasteiger partial charge in [0.05, 0.1) is 13.2 Å². The van der Waals surface area contributed by atoms with Gasteiger partial charge in [-0.15, -0.1) is 0 Å². The second-order valence-corrected chi connectivity index (χ2v) is 4.57. The van der Waals surface area contributed by atoms with E-state index in [1.54, 1.807) is 26.0 Å². The first-order chi connectivity index (χ1) is 9.99. The van der Waals surface area contributed by atoms with Crippen molar-refractivity contribution in [2.45, 2.75) is 19.9 Å². The zero-order valence-electron chi connectivity index (χ0n) is 11.6. The quantitative estimate of drug-likeness (QED) is 0.464. The lowest BCUT2D eigenvalue weighted by Crippen LogP contribution is -2.48. The number of amides is 1. The summed E-state index contributed by atoms with van der Waals surface area (Å²) >= 11 is 3.13. The molecule has 21 heavy (non-hydrogen) atoms. The van der Waals surface area contributed by atoms with Crippen molar-refractivity contribution in [2.75, 3.05) is 13.2 Å². The monoisotopic (exact) mass is 358 g/mol. The standard InChI is InChI=1S/C13H15BrN2O5/c1-3-20-12(18)10(13(19)21-4-2)16-11(17)8-6-5-7-9(14)15-8/h5-7,10H,3-4H2,1-2H3,(H,16,17). The summed E-state index contributed by atoms with van der Waals surface area (Å²) in [6, 6.07) is 3.19. The maximum atomic E-state index is 12.0. The molecule has 1 amide bonds. The Morgan fingerprint density at radius 3 is 2.24 bits per heavy atom. The van der Waals surface area contributed by atoms with Crippen LogP contribution in [0, 0.1) is 0 Å². The second-order valence-electron chi connectivity index (χ2n) is 3.76. The summed E-state index contributed by atoms with van der Waals surface area (Å²) in [6.45, 7) is 3.36. The number of nitrogens with one attached hydrogen (secondary N) is 1. The van der Waals surface area contributed by atoms with Crippen molar-refractivity contribution in [3.05, 3.63) is 28.5 Å². The molecular formula is C13H15BrN2O5. The van der Waals surface area contributed by atoms with Crippen molar-refractivity contribution in [1.82, 2.24) is 10.3 Å². The molecule has 0 fully saturated rings. The third kappa shape index (κ3) is 5.14. The molecule has 1 aromatic heterocycles. The minimum absolute atomic E-state index is 0.0583. The SMILES string of the molecule is CCOC(=O)C(NC(=O)c1cccc(Br)n1)C(=O)OCC. The molecule has 114 valence electrons. The second kappa shape index (κ2) is 8.35. The van der Waals surface area contributed by atoms with Crippen LogP contribution in [0.4, 0.5) is 0 Å². The van der Waals surface area contributed by atoms with Gasteiger partial charge in [0.2, 0.25) is 6.04 Å². The van der Waals surface area contributed by atoms with E-state index in [2.05, 4.69) is 26.2 Å². The number of pyridine rings is 1. The van der Waals surface area contributed by atoms with Crippen molar-refractivity contribution in [3.63, 3.8) is 0 Å². The Morgan fingerprint density at radius 2 is 1.76 bits per heavy atom. The van der Waals surface area contributed by atoms with Gasteiger partial charge in [-0.1, -0.05) is 6.07 Å². The van der Waals surface area contributed by atoms with Crippen molar-refractivity contribution in [2.24, 2.45) is 0 Å². The summed E-state index contributed by atoms with van der Waals surface area (Å²) < 4.78 is 9.95. The lowest BCUT2D eigenvalue weighted by Gasteiger charge is -2.15. The fourth-order valence-electron chi connectivity index (χ4n) is 1.41. The van der Waals surface area contributed by atoms with Crippen molar-refractivity contribution >= 4 is 33.8 Å². The normalized spacial score (nSPS) is 10.1. The number of hydrogen-bond acceptors (Lipinski definition) is 6. The van der Waals surface area contributed by atoms with E-state index in [0.29, 0.717) is 4.60 Å². The smallest absolute Gasteiger partial charge is 0.340 e. The van der Waals surface area contributed by atoms with E-state index in [4.69, 9.17) is 9.47 Å². The number of ether oxygens (including phenoxy) is 2. The third-order valence-electron chi connectivity index (χ3n) is 2.27. The number of carbonyl (C=O) groups is 3. The first-order valence-electron chi connectivity index (χ1n) is 6.26. The number of halogens is 1. The number of hydrogen-bond donors (Lipinski definition) is 1. The average Bonchev–Trinajstić information content (AvgIpc) is 2.44. The van der Waals surface area contributed by atoms with Gasteiger partial charge in [-0.2, -0.15) is 0 Å². The largest absolute Gasteiger partial charge is 0.464 e. The molecule has 0 unspecified atom stereocenters. The first-order valence-corrected chi connectivity index (χ1v) is 7.05. The van der Waals surface area contributed by atoms with Gasteiger partial charge in [0, 0.05) is 0 Å². The number of aromatic nitrogens is 1. The van der Waals surface area contributed by atoms with Crippen LogP contribution in [0.3, 0.4) is 0 Å². The molecule has 0 spiro atoms. The van der Waals surface area contributed by atoms with Crippen molar-refractivity contribution < 1.29 is 23.9 Å². The van der Waals surface area contributed by atoms with E-state index in [-0.39, 0.29) is 18.9 Å². The van der Waals surface area contributed by atoms with Crippen molar-refractivity contribution in [1.29, 1.82) is 0 Å². The molecule has 1 aromatic rings. The fourth-order valence-corrected chi connectivity index (χ4v) is 1.75. The maximum absolute atomic E-state index is 12.0. The molecule has 1 N–H and O–H groups in total. The predicted molar refractivity (Wildman–Crippen MR) is 76.5 cm³/mol. The van der Waals surface area contributed by atoms with E-state index < -0.39 is 23.9 Å². The summed E-state index contributed by atoms with van der Waals surface area (Å²) in [7, 11) is 0. The Hall–Kier alpha value is -1.96. The van der Waals surface area contributed by atoms with Crippen LogP contribution in [-0.4, -0.2) is 42.1 Å². The highest BCUT2D eigenvalue weighted by Crippen LogP contribution is 2.06. The van der Waals surface area contributed by atoms with Crippen LogP contribution < -0.4 is 5.32 Å². The molecule has 0 saturated carbocycles. The molecule has 0 aliphatic carbocycles. The first kappa shape index (κ1) is 17.1. The Labute approximate surface area is 130 Å². The third-order valence-corrected chi connectivity index (χ3v) is 2.71. The van der Waals surface area contributed by atoms with E-state index in [1.807, 2.05) is 0 Å². The van der Waals surface area contributed by atoms with Crippen LogP contribution in [0.1, 0.15) is 24.3 Å². The van der Waals surface area contributed by atoms with Crippen LogP contribution >= 0.6 is 15.9 Å². The highest BCUT2D eigenvalue weighted by atomic mass is 79.9. The Bertz CT molecular complexity index is 517. The molecule has 0 atom stereocenters. The van der Waals surface area contributed by atoms with E-state index in [0.717, 1.165) is 0 Å². The minimum atomic E-state index is -1.52. The van der Waals surface area contributed by atoms with Crippen LogP contribution in [0.15, 0.2) is 22.8 Å². The van der Waals surface area contributed by atoms with E-state index in [9.17, 15) is 14.4 Å². The number of nitrogens with zero attached hydrogens (tertiary/aromatic N) is 1. The molecule has 0 aliphatic rings. The van der Waals surface area contributed by atoms with Gasteiger partial charge < -0.3 is 14.8 Å². The summed E-state index contributed by atoms with van der Waals surface area (Å²) in [5, 5.41) is 2.26. The molecule has 1 rings (SSSR count). The van der Waals surface area contributed by atoms with E-state index >= 15 is 0 Å². The predicted octanol–water partition coefficient (Wildman–Crippen LogP) is 1.07. The number of carbonyl (C=O) groups excluding carboxylic acids is 3. The van der Waals surface area contributed by atoms with Crippen LogP contribution in [-0.2, 0) is 19.1 Å². The molecule has 0 radical (unpaired) electrons. The summed E-state index contributed by atoms with van der Waals surface area (Å²) in [4.78, 5) is 39.4. The highest BCUT2D eigenvalue weighted by molar-refractivity contribution is 9.10. The van der Waals surface area contributed by atoms with Gasteiger partial charge >= 0.3 is 11.9 Å². The van der Waals surface area contributed by atoms with Gasteiger partial charge in [-0.25, -0.2) is 14.6 Å². The van der Waals surface area contributed by atoms with Crippen molar-refractivity contribution in [3.8, 4) is 0 Å². The Morgan fingerprint density at radius 1 is 1.19 bits per heavy atom. The summed E-state index contributed by atoms with van der Waals surface area (Å²) in [6.07, 6.45) is 0. The maximum Gasteiger partial charge on any atom is 0.340 e. The van der Waals surface area contributed by atoms with Crippen LogP contribution in [0.5, 0.6) is 0 Å². The van der Waals surface area contributed by atoms with Crippen LogP contribution in [0.25, 0.3) is 0 Å². The molecule has 1 heterocycles. The van der Waals surface area contributed by atoms with Gasteiger partial charge in [-0.3, -0.25) is 4.79 Å². The topological polar surface area (TPSA) is 94.6 Å². The van der Waals surface area contributed by atoms with Gasteiger partial charge in [0.1, 0.15) is 10.3 Å². The molecule has 0 aromatic carbocycles. The van der Waals surface area contributed by atoms with Crippen LogP contribution in [0.2, 0.25) is 0 Å². The fraction of sp³-hybridized carbons (Fsp3) is 0.385. The number of esters is 2. The zero-order chi connectivity index (χ0) is 15.8. The lowest BCUT2D eigenvalue weighted by atomic mass is 10.2. The molecule has 0 aliphatic heterocycles. The molecular weight excluding hydrogens is 344 g/mol. The molecule has 7 nitrogen and oxygen atoms in total. The Balaban J connectivity index is 2.87. The van der Waals surface area contributed by atoms with Gasteiger partial charge in [0.25, 0.3) is 5.91 Å². The number of rotatable bonds is 6. The van der Waals surface area contributed by atoms with Gasteiger partial charge in [-0.05, 0) is 41.9 Å². The van der Waals surface area contributed by atoms with E-state index in [1.165, 1.54) is 6.07 Å². The molecule has 8 heteroatoms. The average molecular weight is 359 g/mol. The molecule has 0 bridgehead atoms.